The van der Waals surface area contributed by atoms with Crippen molar-refractivity contribution in [3.63, 3.8) is 0 Å². The molecule has 0 unspecified atom stereocenters. The van der Waals surface area contributed by atoms with E-state index in [9.17, 15) is 0 Å². The molecular formula is C19H15NO. The molecule has 0 saturated carbocycles. The minimum absolute atomic E-state index is 0.887. The summed E-state index contributed by atoms with van der Waals surface area (Å²) in [4.78, 5) is 4.20. The number of furan rings is 1. The van der Waals surface area contributed by atoms with E-state index in [0.717, 1.165) is 33.9 Å². The van der Waals surface area contributed by atoms with Crippen LogP contribution < -0.4 is 0 Å². The molecule has 2 heterocycles. The van der Waals surface area contributed by atoms with Gasteiger partial charge in [-0.2, -0.15) is 0 Å². The van der Waals surface area contributed by atoms with Gasteiger partial charge in [-0.25, -0.2) is 0 Å². The zero-order chi connectivity index (χ0) is 14.2. The van der Waals surface area contributed by atoms with Gasteiger partial charge in [0.25, 0.3) is 0 Å². The van der Waals surface area contributed by atoms with E-state index in [2.05, 4.69) is 54.4 Å². The van der Waals surface area contributed by atoms with Gasteiger partial charge < -0.3 is 4.42 Å². The van der Waals surface area contributed by atoms with Crippen molar-refractivity contribution in [2.24, 2.45) is 0 Å². The first kappa shape index (κ1) is 12.2. The summed E-state index contributed by atoms with van der Waals surface area (Å²) in [6.45, 7) is 2.17. The molecule has 0 spiro atoms. The number of aromatic nitrogens is 1. The Morgan fingerprint density at radius 2 is 1.81 bits per heavy atom. The van der Waals surface area contributed by atoms with Crippen LogP contribution in [-0.2, 0) is 6.42 Å². The van der Waals surface area contributed by atoms with Gasteiger partial charge in [-0.1, -0.05) is 49.4 Å². The molecular weight excluding hydrogens is 258 g/mol. The number of hydrogen-bond donors (Lipinski definition) is 0. The topological polar surface area (TPSA) is 26.0 Å². The lowest BCUT2D eigenvalue weighted by Crippen LogP contribution is -1.82. The molecule has 0 bridgehead atoms. The van der Waals surface area contributed by atoms with Crippen LogP contribution in [0.4, 0.5) is 0 Å². The van der Waals surface area contributed by atoms with E-state index in [1.807, 2.05) is 12.3 Å². The number of benzene rings is 2. The molecule has 0 amide bonds. The van der Waals surface area contributed by atoms with Gasteiger partial charge >= 0.3 is 0 Å². The van der Waals surface area contributed by atoms with E-state index in [4.69, 9.17) is 4.42 Å². The summed E-state index contributed by atoms with van der Waals surface area (Å²) >= 11 is 0. The Kier molecular flexibility index (Phi) is 2.74. The fraction of sp³-hybridized carbons (Fsp3) is 0.105. The highest BCUT2D eigenvalue weighted by Gasteiger charge is 2.11. The predicted molar refractivity (Wildman–Crippen MR) is 86.3 cm³/mol. The molecule has 102 valence electrons. The van der Waals surface area contributed by atoms with Crippen molar-refractivity contribution in [2.45, 2.75) is 13.3 Å². The molecule has 4 rings (SSSR count). The molecule has 0 aliphatic carbocycles. The van der Waals surface area contributed by atoms with Gasteiger partial charge in [-0.3, -0.25) is 4.98 Å². The summed E-state index contributed by atoms with van der Waals surface area (Å²) in [5.74, 6) is 0. The third kappa shape index (κ3) is 1.91. The summed E-state index contributed by atoms with van der Waals surface area (Å²) in [6.07, 6.45) is 4.69. The Bertz CT molecular complexity index is 919. The number of hydrogen-bond acceptors (Lipinski definition) is 2. The maximum Gasteiger partial charge on any atom is 0.143 e. The standard InChI is InChI=1S/C19H15NO/c1-2-13-6-8-14(9-7-13)15-4-3-5-16-17-12-20-11-10-18(17)21-19(15)16/h3-12H,2H2,1H3. The average molecular weight is 273 g/mol. The minimum atomic E-state index is 0.887. The van der Waals surface area contributed by atoms with Crippen molar-refractivity contribution < 1.29 is 4.42 Å². The molecule has 0 atom stereocenters. The number of pyridine rings is 1. The van der Waals surface area contributed by atoms with Crippen LogP contribution in [-0.4, -0.2) is 4.98 Å². The van der Waals surface area contributed by atoms with Crippen LogP contribution >= 0.6 is 0 Å². The average Bonchev–Trinajstić information content (AvgIpc) is 2.94. The van der Waals surface area contributed by atoms with Crippen molar-refractivity contribution in [3.05, 3.63) is 66.5 Å². The monoisotopic (exact) mass is 273 g/mol. The number of para-hydroxylation sites is 1. The predicted octanol–water partition coefficient (Wildman–Crippen LogP) is 5.21. The number of fused-ring (bicyclic) bond motifs is 3. The third-order valence-electron chi connectivity index (χ3n) is 3.97. The van der Waals surface area contributed by atoms with Crippen LogP contribution in [0.2, 0.25) is 0 Å². The lowest BCUT2D eigenvalue weighted by Gasteiger charge is -2.04. The zero-order valence-corrected chi connectivity index (χ0v) is 11.8. The lowest BCUT2D eigenvalue weighted by molar-refractivity contribution is 0.669. The summed E-state index contributed by atoms with van der Waals surface area (Å²) in [6, 6.07) is 16.9. The maximum absolute atomic E-state index is 6.05. The molecule has 4 aromatic rings. The smallest absolute Gasteiger partial charge is 0.143 e. The Hall–Kier alpha value is -2.61. The van der Waals surface area contributed by atoms with Crippen molar-refractivity contribution in [2.75, 3.05) is 0 Å². The van der Waals surface area contributed by atoms with E-state index >= 15 is 0 Å². The van der Waals surface area contributed by atoms with Crippen LogP contribution in [0.5, 0.6) is 0 Å². The van der Waals surface area contributed by atoms with Gasteiger partial charge in [0.15, 0.2) is 0 Å². The first-order chi connectivity index (χ1) is 10.4. The first-order valence-electron chi connectivity index (χ1n) is 7.21. The van der Waals surface area contributed by atoms with Crippen LogP contribution in [0.1, 0.15) is 12.5 Å². The van der Waals surface area contributed by atoms with Gasteiger partial charge in [-0.05, 0) is 23.6 Å². The normalized spacial score (nSPS) is 11.3. The lowest BCUT2D eigenvalue weighted by atomic mass is 10.0. The number of rotatable bonds is 2. The second-order valence-corrected chi connectivity index (χ2v) is 5.21. The van der Waals surface area contributed by atoms with Gasteiger partial charge in [0, 0.05) is 28.7 Å². The first-order valence-corrected chi connectivity index (χ1v) is 7.21. The maximum atomic E-state index is 6.05. The molecule has 0 aliphatic rings. The highest BCUT2D eigenvalue weighted by atomic mass is 16.3. The molecule has 0 N–H and O–H groups in total. The largest absolute Gasteiger partial charge is 0.455 e. The third-order valence-corrected chi connectivity index (χ3v) is 3.97. The molecule has 2 aromatic heterocycles. The fourth-order valence-corrected chi connectivity index (χ4v) is 2.79. The minimum Gasteiger partial charge on any atom is -0.455 e. The highest BCUT2D eigenvalue weighted by molar-refractivity contribution is 6.09. The summed E-state index contributed by atoms with van der Waals surface area (Å²) in [5, 5.41) is 2.19. The molecule has 0 fully saturated rings. The highest BCUT2D eigenvalue weighted by Crippen LogP contribution is 2.35. The van der Waals surface area contributed by atoms with Crippen molar-refractivity contribution in [1.82, 2.24) is 4.98 Å². The Morgan fingerprint density at radius 3 is 2.62 bits per heavy atom. The molecule has 21 heavy (non-hydrogen) atoms. The number of nitrogens with zero attached hydrogens (tertiary/aromatic N) is 1. The Morgan fingerprint density at radius 1 is 0.952 bits per heavy atom. The van der Waals surface area contributed by atoms with Crippen LogP contribution in [0.25, 0.3) is 33.1 Å². The molecule has 2 heteroatoms. The fourth-order valence-electron chi connectivity index (χ4n) is 2.79. The van der Waals surface area contributed by atoms with E-state index in [1.165, 1.54) is 11.1 Å². The van der Waals surface area contributed by atoms with E-state index in [0.29, 0.717) is 0 Å². The Balaban J connectivity index is 1.99. The molecule has 2 aromatic carbocycles. The molecule has 2 nitrogen and oxygen atoms in total. The van der Waals surface area contributed by atoms with Crippen molar-refractivity contribution >= 4 is 21.9 Å². The van der Waals surface area contributed by atoms with Gasteiger partial charge in [-0.15, -0.1) is 0 Å². The number of aryl methyl sites for hydroxylation is 1. The summed E-state index contributed by atoms with van der Waals surface area (Å²) in [5.41, 5.74) is 5.48. The summed E-state index contributed by atoms with van der Waals surface area (Å²) in [7, 11) is 0. The van der Waals surface area contributed by atoms with Crippen LogP contribution in [0.3, 0.4) is 0 Å². The molecule has 0 radical (unpaired) electrons. The molecule has 0 aliphatic heterocycles. The second kappa shape index (κ2) is 4.74. The van der Waals surface area contributed by atoms with E-state index in [-0.39, 0.29) is 0 Å². The van der Waals surface area contributed by atoms with Crippen molar-refractivity contribution in [1.29, 1.82) is 0 Å². The van der Waals surface area contributed by atoms with Gasteiger partial charge in [0.1, 0.15) is 11.2 Å². The quantitative estimate of drug-likeness (QED) is 0.501. The molecule has 0 saturated heterocycles. The van der Waals surface area contributed by atoms with Crippen molar-refractivity contribution in [3.8, 4) is 11.1 Å². The van der Waals surface area contributed by atoms with E-state index < -0.39 is 0 Å². The summed E-state index contributed by atoms with van der Waals surface area (Å²) < 4.78 is 6.05. The van der Waals surface area contributed by atoms with Gasteiger partial charge in [0.2, 0.25) is 0 Å². The van der Waals surface area contributed by atoms with E-state index in [1.54, 1.807) is 6.20 Å². The second-order valence-electron chi connectivity index (χ2n) is 5.21. The zero-order valence-electron chi connectivity index (χ0n) is 11.8. The Labute approximate surface area is 123 Å². The van der Waals surface area contributed by atoms with Crippen LogP contribution in [0.15, 0.2) is 65.3 Å². The SMILES string of the molecule is CCc1ccc(-c2cccc3c2oc2ccncc23)cc1. The van der Waals surface area contributed by atoms with Gasteiger partial charge in [0.05, 0.1) is 0 Å². The van der Waals surface area contributed by atoms with Crippen LogP contribution in [0, 0.1) is 0 Å².